The number of hydrogen-bond donors (Lipinski definition) is 1. The van der Waals surface area contributed by atoms with Crippen molar-refractivity contribution in [2.24, 2.45) is 0 Å². The van der Waals surface area contributed by atoms with Crippen molar-refractivity contribution in [3.05, 3.63) is 29.8 Å². The first kappa shape index (κ1) is 19.7. The van der Waals surface area contributed by atoms with Gasteiger partial charge in [-0.3, -0.25) is 4.79 Å². The van der Waals surface area contributed by atoms with Crippen molar-refractivity contribution < 1.29 is 18.3 Å². The van der Waals surface area contributed by atoms with Gasteiger partial charge in [-0.2, -0.15) is 8.78 Å². The Morgan fingerprint density at radius 3 is 2.68 bits per heavy atom. The average Bonchev–Trinajstić information content (AvgIpc) is 3.11. The highest BCUT2D eigenvalue weighted by atomic mass is 19.3. The molecule has 0 aliphatic carbocycles. The van der Waals surface area contributed by atoms with Gasteiger partial charge in [-0.1, -0.05) is 6.92 Å². The van der Waals surface area contributed by atoms with Gasteiger partial charge >= 0.3 is 5.92 Å². The Morgan fingerprint density at radius 1 is 1.29 bits per heavy atom. The third-order valence-electron chi connectivity index (χ3n) is 5.55. The van der Waals surface area contributed by atoms with E-state index in [2.05, 4.69) is 25.2 Å². The fourth-order valence-corrected chi connectivity index (χ4v) is 4.04. The van der Waals surface area contributed by atoms with Crippen LogP contribution in [0.3, 0.4) is 0 Å². The molecule has 0 saturated carbocycles. The molecule has 3 aliphatic rings. The maximum absolute atomic E-state index is 14.1. The lowest BCUT2D eigenvalue weighted by Crippen LogP contribution is -2.57. The molecule has 162 valence electrons. The number of nitrogens with zero attached hydrogens (tertiary/aromatic N) is 6. The standard InChI is InChI=1S/C20H21F2N7O2/c1-3-11-4-17(26-19(25-11)20(2,21)22)29-15-6-16(24-10-30)23-7-14(15)18(27-29)28-8-12-5-13(9-28)31-12/h4,6-7,10,12-13H,3,5,8-9H2,1-2H3,(H,23,24,30). The Kier molecular flexibility index (Phi) is 4.58. The van der Waals surface area contributed by atoms with Crippen molar-refractivity contribution in [2.45, 2.75) is 44.8 Å². The lowest BCUT2D eigenvalue weighted by molar-refractivity contribution is -0.133. The van der Waals surface area contributed by atoms with Gasteiger partial charge in [0.1, 0.15) is 5.82 Å². The number of fused-ring (bicyclic) bond motifs is 3. The van der Waals surface area contributed by atoms with E-state index >= 15 is 0 Å². The van der Waals surface area contributed by atoms with Crippen LogP contribution in [0.15, 0.2) is 18.3 Å². The SMILES string of the molecule is CCc1cc(-n2nc(N3CC4CC(C3)O4)c3cnc(NC=O)cc32)nc(C(C)(F)F)n1. The number of rotatable bonds is 6. The minimum atomic E-state index is -3.19. The van der Waals surface area contributed by atoms with Gasteiger partial charge < -0.3 is 15.0 Å². The summed E-state index contributed by atoms with van der Waals surface area (Å²) >= 11 is 0. The molecule has 3 aromatic rings. The van der Waals surface area contributed by atoms with E-state index in [1.54, 1.807) is 18.3 Å². The van der Waals surface area contributed by atoms with E-state index < -0.39 is 11.7 Å². The number of piperidine rings is 1. The average molecular weight is 429 g/mol. The summed E-state index contributed by atoms with van der Waals surface area (Å²) in [6.45, 7) is 4.00. The van der Waals surface area contributed by atoms with Crippen molar-refractivity contribution in [1.82, 2.24) is 24.7 Å². The number of aryl methyl sites for hydroxylation is 1. The third kappa shape index (κ3) is 3.48. The Labute approximate surface area is 176 Å². The second-order valence-electron chi connectivity index (χ2n) is 7.89. The lowest BCUT2D eigenvalue weighted by atomic mass is 9.99. The van der Waals surface area contributed by atoms with E-state index in [1.165, 1.54) is 4.68 Å². The third-order valence-corrected chi connectivity index (χ3v) is 5.55. The lowest BCUT2D eigenvalue weighted by Gasteiger charge is -2.47. The Hall–Kier alpha value is -3.21. The maximum Gasteiger partial charge on any atom is 0.303 e. The number of alkyl halides is 2. The number of amides is 1. The van der Waals surface area contributed by atoms with Crippen LogP contribution in [0.2, 0.25) is 0 Å². The predicted molar refractivity (Wildman–Crippen MR) is 109 cm³/mol. The van der Waals surface area contributed by atoms with Crippen LogP contribution in [-0.2, 0) is 21.9 Å². The number of hydrogen-bond acceptors (Lipinski definition) is 7. The molecule has 3 fully saturated rings. The van der Waals surface area contributed by atoms with Crippen molar-refractivity contribution in [3.8, 4) is 5.82 Å². The number of anilines is 2. The van der Waals surface area contributed by atoms with Crippen molar-refractivity contribution in [3.63, 3.8) is 0 Å². The molecule has 0 aromatic carbocycles. The largest absolute Gasteiger partial charge is 0.371 e. The molecule has 0 radical (unpaired) electrons. The molecule has 11 heteroatoms. The van der Waals surface area contributed by atoms with Crippen molar-refractivity contribution in [1.29, 1.82) is 0 Å². The fourth-order valence-electron chi connectivity index (χ4n) is 4.04. The second-order valence-corrected chi connectivity index (χ2v) is 7.89. The van der Waals surface area contributed by atoms with Gasteiger partial charge in [0.15, 0.2) is 11.6 Å². The van der Waals surface area contributed by atoms with Crippen molar-refractivity contribution in [2.75, 3.05) is 23.3 Å². The zero-order valence-electron chi connectivity index (χ0n) is 17.0. The summed E-state index contributed by atoms with van der Waals surface area (Å²) in [5, 5.41) is 7.99. The molecular weight excluding hydrogens is 408 g/mol. The summed E-state index contributed by atoms with van der Waals surface area (Å²) in [7, 11) is 0. The summed E-state index contributed by atoms with van der Waals surface area (Å²) in [6.07, 6.45) is 3.98. The van der Waals surface area contributed by atoms with Gasteiger partial charge in [-0.05, 0) is 6.42 Å². The molecule has 2 unspecified atom stereocenters. The normalized spacial score (nSPS) is 20.6. The van der Waals surface area contributed by atoms with E-state index in [0.717, 1.165) is 18.7 Å². The van der Waals surface area contributed by atoms with Crippen LogP contribution in [0.1, 0.15) is 31.8 Å². The second kappa shape index (κ2) is 7.19. The van der Waals surface area contributed by atoms with Gasteiger partial charge in [0.25, 0.3) is 0 Å². The topological polar surface area (TPSA) is 98.1 Å². The summed E-state index contributed by atoms with van der Waals surface area (Å²) in [6, 6.07) is 3.30. The summed E-state index contributed by atoms with van der Waals surface area (Å²) in [5.41, 5.74) is 1.08. The van der Waals surface area contributed by atoms with Crippen LogP contribution < -0.4 is 10.2 Å². The molecule has 2 atom stereocenters. The number of nitrogens with one attached hydrogen (secondary N) is 1. The highest BCUT2D eigenvalue weighted by Crippen LogP contribution is 2.35. The molecule has 0 spiro atoms. The molecular formula is C20H21F2N7O2. The smallest absolute Gasteiger partial charge is 0.303 e. The quantitative estimate of drug-likeness (QED) is 0.601. The van der Waals surface area contributed by atoms with E-state index in [9.17, 15) is 13.6 Å². The van der Waals surface area contributed by atoms with E-state index in [0.29, 0.717) is 48.8 Å². The highest BCUT2D eigenvalue weighted by Gasteiger charge is 2.40. The van der Waals surface area contributed by atoms with Gasteiger partial charge in [0.2, 0.25) is 12.2 Å². The molecule has 3 aromatic heterocycles. The van der Waals surface area contributed by atoms with Crippen LogP contribution in [0.5, 0.6) is 0 Å². The minimum absolute atomic E-state index is 0.166. The Morgan fingerprint density at radius 2 is 2.03 bits per heavy atom. The first-order valence-corrected chi connectivity index (χ1v) is 10.1. The van der Waals surface area contributed by atoms with Crippen LogP contribution >= 0.6 is 0 Å². The molecule has 3 saturated heterocycles. The molecule has 9 nitrogen and oxygen atoms in total. The highest BCUT2D eigenvalue weighted by molar-refractivity contribution is 5.93. The van der Waals surface area contributed by atoms with Gasteiger partial charge in [-0.25, -0.2) is 19.6 Å². The minimum Gasteiger partial charge on any atom is -0.371 e. The van der Waals surface area contributed by atoms with E-state index in [-0.39, 0.29) is 18.0 Å². The molecule has 3 aliphatic heterocycles. The molecule has 2 bridgehead atoms. The first-order valence-electron chi connectivity index (χ1n) is 10.1. The van der Waals surface area contributed by atoms with Crippen LogP contribution in [0.25, 0.3) is 16.7 Å². The Balaban J connectivity index is 1.69. The molecule has 1 N–H and O–H groups in total. The summed E-state index contributed by atoms with van der Waals surface area (Å²) in [4.78, 5) is 25.4. The number of carbonyl (C=O) groups is 1. The van der Waals surface area contributed by atoms with Crippen LogP contribution in [-0.4, -0.2) is 56.4 Å². The number of morpholine rings is 1. The van der Waals surface area contributed by atoms with E-state index in [4.69, 9.17) is 9.84 Å². The predicted octanol–water partition coefficient (Wildman–Crippen LogP) is 2.43. The van der Waals surface area contributed by atoms with Gasteiger partial charge in [0, 0.05) is 50.5 Å². The summed E-state index contributed by atoms with van der Waals surface area (Å²) in [5.74, 6) is -2.50. The molecule has 6 rings (SSSR count). The van der Waals surface area contributed by atoms with E-state index in [1.807, 2.05) is 6.92 Å². The molecule has 31 heavy (non-hydrogen) atoms. The molecule has 1 amide bonds. The number of pyridine rings is 1. The zero-order valence-corrected chi connectivity index (χ0v) is 17.0. The van der Waals surface area contributed by atoms with Crippen LogP contribution in [0, 0.1) is 0 Å². The summed E-state index contributed by atoms with van der Waals surface area (Å²) < 4.78 is 35.3. The van der Waals surface area contributed by atoms with Crippen LogP contribution in [0.4, 0.5) is 20.4 Å². The number of carbonyl (C=O) groups excluding carboxylic acids is 1. The Bertz CT molecular complexity index is 1140. The monoisotopic (exact) mass is 429 g/mol. The maximum atomic E-state index is 14.1. The first-order chi connectivity index (χ1) is 14.9. The number of ether oxygens (including phenoxy) is 1. The number of aromatic nitrogens is 5. The molecule has 6 heterocycles. The number of halogens is 2. The zero-order chi connectivity index (χ0) is 21.8. The fraction of sp³-hybridized carbons (Fsp3) is 0.450. The van der Waals surface area contributed by atoms with Gasteiger partial charge in [0.05, 0.1) is 23.1 Å². The van der Waals surface area contributed by atoms with Crippen molar-refractivity contribution >= 4 is 28.9 Å². The van der Waals surface area contributed by atoms with Gasteiger partial charge in [-0.15, -0.1) is 5.10 Å².